The molecule has 2 aromatic carbocycles. The van der Waals surface area contributed by atoms with Gasteiger partial charge in [-0.3, -0.25) is 9.59 Å². The van der Waals surface area contributed by atoms with Crippen LogP contribution in [0.1, 0.15) is 45.2 Å². The minimum atomic E-state index is -0.591. The zero-order valence-electron chi connectivity index (χ0n) is 18.4. The quantitative estimate of drug-likeness (QED) is 0.625. The van der Waals surface area contributed by atoms with Gasteiger partial charge in [-0.25, -0.2) is 0 Å². The van der Waals surface area contributed by atoms with E-state index in [4.69, 9.17) is 9.47 Å². The number of amides is 2. The second-order valence-corrected chi connectivity index (χ2v) is 9.67. The number of ether oxygens (including phenoxy) is 2. The van der Waals surface area contributed by atoms with Crippen molar-refractivity contribution in [1.82, 2.24) is 10.2 Å². The van der Waals surface area contributed by atoms with E-state index in [1.165, 1.54) is 0 Å². The molecule has 0 saturated heterocycles. The van der Waals surface area contributed by atoms with E-state index in [1.54, 1.807) is 11.8 Å². The van der Waals surface area contributed by atoms with Crippen molar-refractivity contribution in [1.29, 1.82) is 0 Å². The fraction of sp³-hybridized carbons (Fsp3) is 0.417. The second kappa shape index (κ2) is 9.73. The van der Waals surface area contributed by atoms with Gasteiger partial charge in [0.05, 0.1) is 0 Å². The Morgan fingerprint density at radius 1 is 1.06 bits per heavy atom. The number of carbonyl (C=O) groups excluding carboxylic acids is 2. The summed E-state index contributed by atoms with van der Waals surface area (Å²) >= 11 is 3.43. The van der Waals surface area contributed by atoms with Crippen LogP contribution in [-0.2, 0) is 22.6 Å². The number of hydrogen-bond acceptors (Lipinski definition) is 4. The molecule has 166 valence electrons. The van der Waals surface area contributed by atoms with Gasteiger partial charge in [0.1, 0.15) is 6.04 Å². The smallest absolute Gasteiger partial charge is 0.242 e. The molecule has 0 aromatic heterocycles. The van der Waals surface area contributed by atoms with E-state index >= 15 is 0 Å². The van der Waals surface area contributed by atoms with E-state index in [0.29, 0.717) is 25.1 Å². The van der Waals surface area contributed by atoms with Crippen LogP contribution in [-0.4, -0.2) is 35.1 Å². The summed E-state index contributed by atoms with van der Waals surface area (Å²) in [5, 5.41) is 2.98. The van der Waals surface area contributed by atoms with Crippen LogP contribution in [0.3, 0.4) is 0 Å². The first kappa shape index (κ1) is 23.1. The number of hydrogen-bond donors (Lipinski definition) is 1. The maximum atomic E-state index is 13.2. The average Bonchev–Trinajstić information content (AvgIpc) is 3.17. The fourth-order valence-electron chi connectivity index (χ4n) is 3.33. The molecular weight excluding hydrogens is 460 g/mol. The van der Waals surface area contributed by atoms with Crippen molar-refractivity contribution in [2.45, 2.75) is 58.7 Å². The third kappa shape index (κ3) is 6.47. The topological polar surface area (TPSA) is 67.9 Å². The highest BCUT2D eigenvalue weighted by Gasteiger charge is 2.28. The molecule has 1 atom stereocenters. The Labute approximate surface area is 192 Å². The normalized spacial score (nSPS) is 13.6. The lowest BCUT2D eigenvalue weighted by Gasteiger charge is -2.31. The molecule has 2 aromatic rings. The Morgan fingerprint density at radius 2 is 1.71 bits per heavy atom. The zero-order valence-corrected chi connectivity index (χ0v) is 20.0. The van der Waals surface area contributed by atoms with Crippen molar-refractivity contribution >= 4 is 27.7 Å². The Hall–Kier alpha value is -2.54. The van der Waals surface area contributed by atoms with Gasteiger partial charge in [-0.1, -0.05) is 34.1 Å². The lowest BCUT2D eigenvalue weighted by Crippen LogP contribution is -2.52. The predicted molar refractivity (Wildman–Crippen MR) is 123 cm³/mol. The average molecular weight is 489 g/mol. The van der Waals surface area contributed by atoms with Crippen molar-refractivity contribution in [3.8, 4) is 11.5 Å². The molecule has 6 nitrogen and oxygen atoms in total. The maximum Gasteiger partial charge on any atom is 0.242 e. The summed E-state index contributed by atoms with van der Waals surface area (Å²) in [6.07, 6.45) is 0.850. The van der Waals surface area contributed by atoms with Crippen molar-refractivity contribution in [2.24, 2.45) is 0 Å². The number of carbonyl (C=O) groups is 2. The highest BCUT2D eigenvalue weighted by atomic mass is 79.9. The van der Waals surface area contributed by atoms with Crippen molar-refractivity contribution in [3.05, 3.63) is 58.1 Å². The molecule has 3 rings (SSSR count). The third-order valence-corrected chi connectivity index (χ3v) is 5.52. The number of fused-ring (bicyclic) bond motifs is 1. The van der Waals surface area contributed by atoms with Gasteiger partial charge in [-0.2, -0.15) is 0 Å². The van der Waals surface area contributed by atoms with Gasteiger partial charge in [-0.05, 0) is 69.5 Å². The summed E-state index contributed by atoms with van der Waals surface area (Å²) in [5.41, 5.74) is 1.59. The molecule has 1 N–H and O–H groups in total. The number of nitrogens with one attached hydrogen (secondary N) is 1. The predicted octanol–water partition coefficient (Wildman–Crippen LogP) is 4.44. The van der Waals surface area contributed by atoms with Gasteiger partial charge in [0, 0.05) is 23.0 Å². The minimum Gasteiger partial charge on any atom is -0.454 e. The van der Waals surface area contributed by atoms with Crippen molar-refractivity contribution in [3.63, 3.8) is 0 Å². The fourth-order valence-corrected chi connectivity index (χ4v) is 3.60. The highest BCUT2D eigenvalue weighted by Crippen LogP contribution is 2.32. The molecule has 0 aliphatic carbocycles. The minimum absolute atomic E-state index is 0.0721. The first-order valence-electron chi connectivity index (χ1n) is 10.4. The number of nitrogens with zero attached hydrogens (tertiary/aromatic N) is 1. The zero-order chi connectivity index (χ0) is 22.6. The monoisotopic (exact) mass is 488 g/mol. The van der Waals surface area contributed by atoms with Crippen LogP contribution in [0.5, 0.6) is 11.5 Å². The van der Waals surface area contributed by atoms with Crippen LogP contribution in [0, 0.1) is 0 Å². The summed E-state index contributed by atoms with van der Waals surface area (Å²) in [5.74, 6) is 1.19. The molecule has 0 fully saturated rings. The number of halogens is 1. The van der Waals surface area contributed by atoms with E-state index in [9.17, 15) is 9.59 Å². The molecule has 7 heteroatoms. The third-order valence-electron chi connectivity index (χ3n) is 5.00. The van der Waals surface area contributed by atoms with Gasteiger partial charge in [0.2, 0.25) is 18.6 Å². The van der Waals surface area contributed by atoms with E-state index < -0.39 is 6.04 Å². The molecule has 0 saturated carbocycles. The van der Waals surface area contributed by atoms with E-state index in [2.05, 4.69) is 21.2 Å². The van der Waals surface area contributed by atoms with E-state index in [-0.39, 0.29) is 24.1 Å². The number of rotatable bonds is 7. The summed E-state index contributed by atoms with van der Waals surface area (Å²) in [6.45, 7) is 8.15. The Balaban J connectivity index is 1.72. The molecule has 31 heavy (non-hydrogen) atoms. The first-order chi connectivity index (χ1) is 14.6. The second-order valence-electron chi connectivity index (χ2n) is 8.75. The SMILES string of the molecule is CC(C(=O)NC(C)(C)C)N(Cc1ccc(Br)cc1)C(=O)CCc1ccc2c(c1)OCO2. The van der Waals surface area contributed by atoms with Gasteiger partial charge in [-0.15, -0.1) is 0 Å². The van der Waals surface area contributed by atoms with E-state index in [0.717, 1.165) is 21.3 Å². The molecule has 0 radical (unpaired) electrons. The molecular formula is C24H29BrN2O4. The Bertz CT molecular complexity index is 938. The van der Waals surface area contributed by atoms with Crippen LogP contribution in [0.2, 0.25) is 0 Å². The van der Waals surface area contributed by atoms with Crippen LogP contribution in [0.4, 0.5) is 0 Å². The summed E-state index contributed by atoms with van der Waals surface area (Å²) < 4.78 is 11.7. The molecule has 1 aliphatic heterocycles. The largest absolute Gasteiger partial charge is 0.454 e. The maximum absolute atomic E-state index is 13.2. The van der Waals surface area contributed by atoms with Gasteiger partial charge < -0.3 is 19.7 Å². The first-order valence-corrected chi connectivity index (χ1v) is 11.2. The Kier molecular flexibility index (Phi) is 7.26. The standard InChI is InChI=1S/C24H29BrN2O4/c1-16(23(29)26-24(2,3)4)27(14-18-5-9-19(25)10-6-18)22(28)12-8-17-7-11-20-21(13-17)31-15-30-20/h5-7,9-11,13,16H,8,12,14-15H2,1-4H3,(H,26,29). The van der Waals surface area contributed by atoms with E-state index in [1.807, 2.05) is 63.2 Å². The number of aryl methyl sites for hydroxylation is 1. The van der Waals surface area contributed by atoms with Gasteiger partial charge in [0.25, 0.3) is 0 Å². The molecule has 1 heterocycles. The summed E-state index contributed by atoms with van der Waals surface area (Å²) in [4.78, 5) is 27.7. The lowest BCUT2D eigenvalue weighted by atomic mass is 10.1. The van der Waals surface area contributed by atoms with Crippen LogP contribution >= 0.6 is 15.9 Å². The Morgan fingerprint density at radius 3 is 2.39 bits per heavy atom. The molecule has 2 amide bonds. The molecule has 1 unspecified atom stereocenters. The molecule has 0 spiro atoms. The molecule has 1 aliphatic rings. The molecule has 0 bridgehead atoms. The number of benzene rings is 2. The highest BCUT2D eigenvalue weighted by molar-refractivity contribution is 9.10. The van der Waals surface area contributed by atoms with Crippen LogP contribution in [0.15, 0.2) is 46.9 Å². The van der Waals surface area contributed by atoms with Crippen LogP contribution < -0.4 is 14.8 Å². The summed E-state index contributed by atoms with van der Waals surface area (Å²) in [6, 6.07) is 12.9. The van der Waals surface area contributed by atoms with Gasteiger partial charge >= 0.3 is 0 Å². The lowest BCUT2D eigenvalue weighted by molar-refractivity contribution is -0.141. The van der Waals surface area contributed by atoms with Crippen molar-refractivity contribution < 1.29 is 19.1 Å². The summed E-state index contributed by atoms with van der Waals surface area (Å²) in [7, 11) is 0. The van der Waals surface area contributed by atoms with Crippen molar-refractivity contribution in [2.75, 3.05) is 6.79 Å². The van der Waals surface area contributed by atoms with Crippen LogP contribution in [0.25, 0.3) is 0 Å². The van der Waals surface area contributed by atoms with Gasteiger partial charge in [0.15, 0.2) is 11.5 Å².